The largest absolute Gasteiger partial charge is 0.348 e. The molecule has 0 spiro atoms. The van der Waals surface area contributed by atoms with Gasteiger partial charge < -0.3 is 5.32 Å². The summed E-state index contributed by atoms with van der Waals surface area (Å²) >= 11 is 0. The molecule has 0 bridgehead atoms. The Morgan fingerprint density at radius 1 is 1.29 bits per heavy atom. The number of aryl methyl sites for hydroxylation is 1. The SMILES string of the molecule is Cc1cc(-c2ccccn2)nc2c(C(=O)NC(C)C3CC3)ncn12. The molecule has 3 heterocycles. The third-order valence-corrected chi connectivity index (χ3v) is 4.52. The summed E-state index contributed by atoms with van der Waals surface area (Å²) in [6.45, 7) is 4.02. The average Bonchev–Trinajstić information content (AvgIpc) is 3.35. The minimum atomic E-state index is -0.165. The maximum Gasteiger partial charge on any atom is 0.274 e. The third-order valence-electron chi connectivity index (χ3n) is 4.52. The molecule has 1 amide bonds. The van der Waals surface area contributed by atoms with Crippen LogP contribution in [0.4, 0.5) is 0 Å². The van der Waals surface area contributed by atoms with Crippen LogP contribution in [0.25, 0.3) is 17.0 Å². The maximum absolute atomic E-state index is 12.6. The lowest BCUT2D eigenvalue weighted by Gasteiger charge is -2.11. The molecule has 0 aromatic carbocycles. The molecule has 1 aliphatic carbocycles. The number of rotatable bonds is 4. The highest BCUT2D eigenvalue weighted by Gasteiger charge is 2.30. The number of amides is 1. The van der Waals surface area contributed by atoms with Gasteiger partial charge >= 0.3 is 0 Å². The summed E-state index contributed by atoms with van der Waals surface area (Å²) < 4.78 is 1.84. The van der Waals surface area contributed by atoms with E-state index in [-0.39, 0.29) is 11.9 Å². The quantitative estimate of drug-likeness (QED) is 0.802. The fourth-order valence-corrected chi connectivity index (χ4v) is 2.92. The van der Waals surface area contributed by atoms with E-state index in [1.165, 1.54) is 12.8 Å². The number of nitrogens with one attached hydrogen (secondary N) is 1. The van der Waals surface area contributed by atoms with E-state index in [1.807, 2.05) is 42.5 Å². The van der Waals surface area contributed by atoms with E-state index in [2.05, 4.69) is 20.3 Å². The summed E-state index contributed by atoms with van der Waals surface area (Å²) in [5.74, 6) is 0.434. The predicted octanol–water partition coefficient (Wildman–Crippen LogP) is 2.63. The van der Waals surface area contributed by atoms with E-state index < -0.39 is 0 Å². The van der Waals surface area contributed by atoms with Crippen molar-refractivity contribution in [1.82, 2.24) is 24.7 Å². The van der Waals surface area contributed by atoms with Crippen LogP contribution in [0.3, 0.4) is 0 Å². The van der Waals surface area contributed by atoms with Gasteiger partial charge in [-0.3, -0.25) is 14.2 Å². The predicted molar refractivity (Wildman–Crippen MR) is 90.6 cm³/mol. The molecule has 3 aromatic rings. The first-order chi connectivity index (χ1) is 11.6. The van der Waals surface area contributed by atoms with E-state index in [0.717, 1.165) is 17.1 Å². The van der Waals surface area contributed by atoms with E-state index in [1.54, 1.807) is 12.5 Å². The number of nitrogens with zero attached hydrogens (tertiary/aromatic N) is 4. The summed E-state index contributed by atoms with van der Waals surface area (Å²) in [6.07, 6.45) is 5.76. The first kappa shape index (κ1) is 14.8. The summed E-state index contributed by atoms with van der Waals surface area (Å²) in [4.78, 5) is 25.8. The molecule has 122 valence electrons. The third kappa shape index (κ3) is 2.64. The van der Waals surface area contributed by atoms with Crippen molar-refractivity contribution in [3.63, 3.8) is 0 Å². The molecule has 6 nitrogen and oxygen atoms in total. The topological polar surface area (TPSA) is 72.2 Å². The second kappa shape index (κ2) is 5.70. The van der Waals surface area contributed by atoms with Gasteiger partial charge in [-0.2, -0.15) is 0 Å². The molecule has 1 saturated carbocycles. The van der Waals surface area contributed by atoms with Gasteiger partial charge in [0.15, 0.2) is 11.3 Å². The Balaban J connectivity index is 1.74. The van der Waals surface area contributed by atoms with Gasteiger partial charge in [-0.1, -0.05) is 6.07 Å². The van der Waals surface area contributed by atoms with Crippen molar-refractivity contribution in [2.75, 3.05) is 0 Å². The highest BCUT2D eigenvalue weighted by Crippen LogP contribution is 2.32. The molecule has 6 heteroatoms. The Bertz CT molecular complexity index is 898. The molecule has 1 fully saturated rings. The average molecular weight is 321 g/mol. The van der Waals surface area contributed by atoms with Crippen LogP contribution in [-0.4, -0.2) is 31.3 Å². The van der Waals surface area contributed by atoms with Crippen molar-refractivity contribution in [2.45, 2.75) is 32.7 Å². The zero-order valence-corrected chi connectivity index (χ0v) is 13.7. The molecule has 1 atom stereocenters. The van der Waals surface area contributed by atoms with Gasteiger partial charge in [-0.15, -0.1) is 0 Å². The zero-order valence-electron chi connectivity index (χ0n) is 13.7. The van der Waals surface area contributed by atoms with Gasteiger partial charge in [0.1, 0.15) is 6.33 Å². The van der Waals surface area contributed by atoms with Crippen molar-refractivity contribution in [2.24, 2.45) is 5.92 Å². The normalized spacial score (nSPS) is 15.4. The Kier molecular flexibility index (Phi) is 3.52. The smallest absolute Gasteiger partial charge is 0.274 e. The minimum Gasteiger partial charge on any atom is -0.348 e. The fourth-order valence-electron chi connectivity index (χ4n) is 2.92. The summed E-state index contributed by atoms with van der Waals surface area (Å²) in [6, 6.07) is 7.82. The summed E-state index contributed by atoms with van der Waals surface area (Å²) in [7, 11) is 0. The number of hydrogen-bond donors (Lipinski definition) is 1. The van der Waals surface area contributed by atoms with Crippen LogP contribution < -0.4 is 5.32 Å². The van der Waals surface area contributed by atoms with E-state index in [4.69, 9.17) is 0 Å². The van der Waals surface area contributed by atoms with E-state index >= 15 is 0 Å². The first-order valence-electron chi connectivity index (χ1n) is 8.20. The lowest BCUT2D eigenvalue weighted by Crippen LogP contribution is -2.34. The van der Waals surface area contributed by atoms with Gasteiger partial charge in [0.05, 0.1) is 11.4 Å². The highest BCUT2D eigenvalue weighted by molar-refractivity contribution is 5.98. The Hall–Kier alpha value is -2.76. The van der Waals surface area contributed by atoms with Crippen LogP contribution in [0.1, 0.15) is 35.9 Å². The van der Waals surface area contributed by atoms with Crippen molar-refractivity contribution < 1.29 is 4.79 Å². The number of aromatic nitrogens is 4. The van der Waals surface area contributed by atoms with Gasteiger partial charge in [0.2, 0.25) is 0 Å². The van der Waals surface area contributed by atoms with Crippen molar-refractivity contribution in [3.05, 3.63) is 48.2 Å². The minimum absolute atomic E-state index is 0.165. The summed E-state index contributed by atoms with van der Waals surface area (Å²) in [5, 5.41) is 3.04. The second-order valence-corrected chi connectivity index (χ2v) is 6.38. The van der Waals surface area contributed by atoms with Crippen LogP contribution in [-0.2, 0) is 0 Å². The Morgan fingerprint density at radius 3 is 2.83 bits per heavy atom. The molecule has 1 N–H and O–H groups in total. The number of carbonyl (C=O) groups is 1. The van der Waals surface area contributed by atoms with Crippen molar-refractivity contribution in [1.29, 1.82) is 0 Å². The maximum atomic E-state index is 12.6. The van der Waals surface area contributed by atoms with Crippen LogP contribution in [0.15, 0.2) is 36.8 Å². The van der Waals surface area contributed by atoms with Gasteiger partial charge in [0.25, 0.3) is 5.91 Å². The summed E-state index contributed by atoms with van der Waals surface area (Å²) in [5.41, 5.74) is 3.41. The number of carbonyl (C=O) groups excluding carboxylic acids is 1. The standard InChI is InChI=1S/C18H19N5O/c1-11-9-15(14-5-3-4-8-19-14)22-17-16(20-10-23(11)17)18(24)21-12(2)13-6-7-13/h3-5,8-10,12-13H,6-7H2,1-2H3,(H,21,24). The molecule has 4 rings (SSSR count). The fraction of sp³-hybridized carbons (Fsp3) is 0.333. The zero-order chi connectivity index (χ0) is 16.7. The number of imidazole rings is 1. The monoisotopic (exact) mass is 321 g/mol. The van der Waals surface area contributed by atoms with Crippen LogP contribution in [0.2, 0.25) is 0 Å². The molecule has 1 aliphatic rings. The first-order valence-corrected chi connectivity index (χ1v) is 8.20. The number of pyridine rings is 1. The number of hydrogen-bond acceptors (Lipinski definition) is 4. The van der Waals surface area contributed by atoms with E-state index in [0.29, 0.717) is 17.3 Å². The lowest BCUT2D eigenvalue weighted by molar-refractivity contribution is 0.0933. The molecule has 0 aliphatic heterocycles. The lowest BCUT2D eigenvalue weighted by atomic mass is 10.2. The van der Waals surface area contributed by atoms with Crippen LogP contribution in [0, 0.1) is 12.8 Å². The van der Waals surface area contributed by atoms with Gasteiger partial charge in [0, 0.05) is 17.9 Å². The molecular weight excluding hydrogens is 302 g/mol. The Labute approximate surface area is 140 Å². The van der Waals surface area contributed by atoms with E-state index in [9.17, 15) is 4.79 Å². The number of fused-ring (bicyclic) bond motifs is 1. The van der Waals surface area contributed by atoms with Crippen molar-refractivity contribution >= 4 is 11.6 Å². The molecule has 1 unspecified atom stereocenters. The molecule has 3 aromatic heterocycles. The Morgan fingerprint density at radius 2 is 2.12 bits per heavy atom. The molecular formula is C18H19N5O. The molecule has 0 radical (unpaired) electrons. The van der Waals surface area contributed by atoms with Crippen molar-refractivity contribution in [3.8, 4) is 11.4 Å². The van der Waals surface area contributed by atoms with Crippen LogP contribution in [0.5, 0.6) is 0 Å². The molecule has 24 heavy (non-hydrogen) atoms. The van der Waals surface area contributed by atoms with Crippen LogP contribution >= 0.6 is 0 Å². The highest BCUT2D eigenvalue weighted by atomic mass is 16.2. The van der Waals surface area contributed by atoms with Gasteiger partial charge in [-0.05, 0) is 50.8 Å². The second-order valence-electron chi connectivity index (χ2n) is 6.38. The van der Waals surface area contributed by atoms with Gasteiger partial charge in [-0.25, -0.2) is 9.97 Å². The molecule has 0 saturated heterocycles.